The third-order valence-corrected chi connectivity index (χ3v) is 3.45. The quantitative estimate of drug-likeness (QED) is 0.729. The van der Waals surface area contributed by atoms with Crippen LogP contribution in [-0.4, -0.2) is 0 Å². The third kappa shape index (κ3) is 1.72. The van der Waals surface area contributed by atoms with Gasteiger partial charge in [0.15, 0.2) is 0 Å². The Bertz CT molecular complexity index is 559. The van der Waals surface area contributed by atoms with Gasteiger partial charge >= 0.3 is 0 Å². The molecule has 1 nitrogen and oxygen atoms in total. The molecule has 0 spiro atoms. The van der Waals surface area contributed by atoms with E-state index >= 15 is 0 Å². The summed E-state index contributed by atoms with van der Waals surface area (Å²) >= 11 is 0. The Kier molecular flexibility index (Phi) is 2.40. The second kappa shape index (κ2) is 3.92. The number of allylic oxidation sites excluding steroid dienone is 1. The fourth-order valence-corrected chi connectivity index (χ4v) is 2.41. The van der Waals surface area contributed by atoms with Crippen molar-refractivity contribution in [3.8, 4) is 11.3 Å². The number of rotatable bonds is 2. The van der Waals surface area contributed by atoms with Gasteiger partial charge in [0.05, 0.1) is 6.26 Å². The van der Waals surface area contributed by atoms with E-state index in [1.165, 1.54) is 22.3 Å². The lowest BCUT2D eigenvalue weighted by molar-refractivity contribution is 0.582. The summed E-state index contributed by atoms with van der Waals surface area (Å²) < 4.78 is 5.51. The topological polar surface area (TPSA) is 13.1 Å². The van der Waals surface area contributed by atoms with Gasteiger partial charge in [0.2, 0.25) is 0 Å². The summed E-state index contributed by atoms with van der Waals surface area (Å²) in [5.74, 6) is 1.58. The average Bonchev–Trinajstić information content (AvgIpc) is 2.97. The van der Waals surface area contributed by atoms with Gasteiger partial charge in [-0.2, -0.15) is 0 Å². The van der Waals surface area contributed by atoms with Crippen molar-refractivity contribution in [1.82, 2.24) is 0 Å². The molecule has 0 unspecified atom stereocenters. The Hall–Kier alpha value is -1.76. The Morgan fingerprint density at radius 1 is 1.12 bits per heavy atom. The molecule has 0 bridgehead atoms. The molecule has 2 aromatic rings. The number of fused-ring (bicyclic) bond motifs is 1. The number of hydrogen-bond acceptors (Lipinski definition) is 1. The first kappa shape index (κ1) is 10.4. The van der Waals surface area contributed by atoms with Gasteiger partial charge in [0.1, 0.15) is 5.76 Å². The molecule has 1 aliphatic rings. The molecule has 0 saturated heterocycles. The van der Waals surface area contributed by atoms with Crippen LogP contribution >= 0.6 is 0 Å². The van der Waals surface area contributed by atoms with Crippen molar-refractivity contribution in [2.45, 2.75) is 20.3 Å². The molecule has 0 radical (unpaired) electrons. The van der Waals surface area contributed by atoms with Crippen LogP contribution in [0, 0.1) is 5.92 Å². The van der Waals surface area contributed by atoms with Crippen LogP contribution in [0.1, 0.15) is 25.0 Å². The van der Waals surface area contributed by atoms with Gasteiger partial charge in [-0.05, 0) is 35.6 Å². The van der Waals surface area contributed by atoms with E-state index in [0.29, 0.717) is 5.92 Å². The molecule has 1 aromatic carbocycles. The van der Waals surface area contributed by atoms with E-state index in [1.54, 1.807) is 6.26 Å². The highest BCUT2D eigenvalue weighted by Gasteiger charge is 2.18. The molecule has 0 N–H and O–H groups in total. The zero-order valence-corrected chi connectivity index (χ0v) is 10.2. The first-order valence-corrected chi connectivity index (χ1v) is 6.12. The molecule has 0 amide bonds. The highest BCUT2D eigenvalue weighted by molar-refractivity contribution is 5.78. The fourth-order valence-electron chi connectivity index (χ4n) is 2.41. The summed E-state index contributed by atoms with van der Waals surface area (Å²) in [4.78, 5) is 0. The Morgan fingerprint density at radius 2 is 2.00 bits per heavy atom. The van der Waals surface area contributed by atoms with E-state index < -0.39 is 0 Å². The summed E-state index contributed by atoms with van der Waals surface area (Å²) in [7, 11) is 0. The minimum absolute atomic E-state index is 0.617. The smallest absolute Gasteiger partial charge is 0.134 e. The van der Waals surface area contributed by atoms with Crippen LogP contribution in [0.4, 0.5) is 0 Å². The van der Waals surface area contributed by atoms with Crippen LogP contribution in [0.5, 0.6) is 0 Å². The highest BCUT2D eigenvalue weighted by atomic mass is 16.3. The summed E-state index contributed by atoms with van der Waals surface area (Å²) in [6.07, 6.45) is 5.15. The normalized spacial score (nSPS) is 13.9. The number of furan rings is 1. The van der Waals surface area contributed by atoms with Crippen molar-refractivity contribution >= 4 is 6.08 Å². The van der Waals surface area contributed by atoms with Crippen molar-refractivity contribution in [1.29, 1.82) is 0 Å². The van der Waals surface area contributed by atoms with Crippen molar-refractivity contribution < 1.29 is 4.42 Å². The standard InChI is InChI=1S/C16H16O/c1-11(2)13-9-12-5-3-6-14(15(12)10-13)16-7-4-8-17-16/h3-8,10-11H,9H2,1-2H3. The predicted octanol–water partition coefficient (Wildman–Crippen LogP) is 4.54. The van der Waals surface area contributed by atoms with Gasteiger partial charge in [0, 0.05) is 5.56 Å². The monoisotopic (exact) mass is 224 g/mol. The van der Waals surface area contributed by atoms with Crippen LogP contribution in [-0.2, 0) is 6.42 Å². The van der Waals surface area contributed by atoms with Gasteiger partial charge in [-0.15, -0.1) is 0 Å². The largest absolute Gasteiger partial charge is 0.464 e. The lowest BCUT2D eigenvalue weighted by Gasteiger charge is -2.05. The Balaban J connectivity index is 2.12. The Labute approximate surface area is 102 Å². The zero-order chi connectivity index (χ0) is 11.8. The minimum atomic E-state index is 0.617. The number of hydrogen-bond donors (Lipinski definition) is 0. The summed E-state index contributed by atoms with van der Waals surface area (Å²) in [5, 5.41) is 0. The lowest BCUT2D eigenvalue weighted by atomic mass is 10.0. The maximum atomic E-state index is 5.51. The minimum Gasteiger partial charge on any atom is -0.464 e. The van der Waals surface area contributed by atoms with Crippen LogP contribution in [0.2, 0.25) is 0 Å². The molecule has 0 saturated carbocycles. The molecule has 1 aliphatic carbocycles. The lowest BCUT2D eigenvalue weighted by Crippen LogP contribution is -1.92. The molecule has 1 heterocycles. The third-order valence-electron chi connectivity index (χ3n) is 3.45. The summed E-state index contributed by atoms with van der Waals surface area (Å²) in [6, 6.07) is 10.4. The molecule has 0 aliphatic heterocycles. The molecule has 1 aromatic heterocycles. The fraction of sp³-hybridized carbons (Fsp3) is 0.250. The van der Waals surface area contributed by atoms with Crippen molar-refractivity contribution in [2.75, 3.05) is 0 Å². The van der Waals surface area contributed by atoms with Crippen molar-refractivity contribution in [3.05, 3.63) is 53.3 Å². The molecule has 17 heavy (non-hydrogen) atoms. The molecular weight excluding hydrogens is 208 g/mol. The van der Waals surface area contributed by atoms with E-state index in [-0.39, 0.29) is 0 Å². The van der Waals surface area contributed by atoms with Crippen molar-refractivity contribution in [3.63, 3.8) is 0 Å². The molecule has 1 heteroatoms. The van der Waals surface area contributed by atoms with Gasteiger partial charge in [-0.25, -0.2) is 0 Å². The number of benzene rings is 1. The van der Waals surface area contributed by atoms with Gasteiger partial charge < -0.3 is 4.42 Å². The first-order valence-electron chi connectivity index (χ1n) is 6.12. The van der Waals surface area contributed by atoms with E-state index in [0.717, 1.165) is 12.2 Å². The predicted molar refractivity (Wildman–Crippen MR) is 70.7 cm³/mol. The van der Waals surface area contributed by atoms with Crippen molar-refractivity contribution in [2.24, 2.45) is 5.92 Å². The first-order chi connectivity index (χ1) is 8.25. The maximum absolute atomic E-state index is 5.51. The highest BCUT2D eigenvalue weighted by Crippen LogP contribution is 2.36. The molecule has 86 valence electrons. The molecule has 3 rings (SSSR count). The second-order valence-corrected chi connectivity index (χ2v) is 4.91. The van der Waals surface area contributed by atoms with Crippen LogP contribution < -0.4 is 0 Å². The van der Waals surface area contributed by atoms with Crippen LogP contribution in [0.3, 0.4) is 0 Å². The van der Waals surface area contributed by atoms with E-state index in [9.17, 15) is 0 Å². The van der Waals surface area contributed by atoms with E-state index in [2.05, 4.69) is 38.1 Å². The van der Waals surface area contributed by atoms with Gasteiger partial charge in [0.25, 0.3) is 0 Å². The van der Waals surface area contributed by atoms with E-state index in [4.69, 9.17) is 4.42 Å². The SMILES string of the molecule is CC(C)C1=Cc2c(cccc2-c2ccco2)C1. The van der Waals surface area contributed by atoms with E-state index in [1.807, 2.05) is 12.1 Å². The molecular formula is C16H16O. The van der Waals surface area contributed by atoms with Crippen LogP contribution in [0.25, 0.3) is 17.4 Å². The van der Waals surface area contributed by atoms with Gasteiger partial charge in [-0.3, -0.25) is 0 Å². The average molecular weight is 224 g/mol. The maximum Gasteiger partial charge on any atom is 0.134 e. The molecule has 0 fully saturated rings. The Morgan fingerprint density at radius 3 is 2.71 bits per heavy atom. The second-order valence-electron chi connectivity index (χ2n) is 4.91. The molecule has 0 atom stereocenters. The summed E-state index contributed by atoms with van der Waals surface area (Å²) in [5.41, 5.74) is 5.48. The van der Waals surface area contributed by atoms with Crippen LogP contribution in [0.15, 0.2) is 46.6 Å². The summed E-state index contributed by atoms with van der Waals surface area (Å²) in [6.45, 7) is 4.51. The zero-order valence-electron chi connectivity index (χ0n) is 10.2. The van der Waals surface area contributed by atoms with Gasteiger partial charge in [-0.1, -0.05) is 43.7 Å².